The molecule has 2 atom stereocenters. The van der Waals surface area contributed by atoms with Crippen LogP contribution < -0.4 is 15.2 Å². The van der Waals surface area contributed by atoms with Crippen LogP contribution >= 0.6 is 0 Å². The van der Waals surface area contributed by atoms with Crippen molar-refractivity contribution in [2.75, 3.05) is 7.11 Å². The molecule has 0 saturated heterocycles. The van der Waals surface area contributed by atoms with Crippen LogP contribution in [-0.2, 0) is 0 Å². The van der Waals surface area contributed by atoms with Crippen molar-refractivity contribution < 1.29 is 9.47 Å². The Hall–Kier alpha value is -1.48. The van der Waals surface area contributed by atoms with Gasteiger partial charge in [-0.1, -0.05) is 18.7 Å². The van der Waals surface area contributed by atoms with Gasteiger partial charge >= 0.3 is 0 Å². The second kappa shape index (κ2) is 5.56. The molecule has 16 heavy (non-hydrogen) atoms. The summed E-state index contributed by atoms with van der Waals surface area (Å²) in [6.45, 7) is 7.53. The molecule has 3 heteroatoms. The van der Waals surface area contributed by atoms with Gasteiger partial charge in [0.2, 0.25) is 0 Å². The van der Waals surface area contributed by atoms with Gasteiger partial charge in [-0.25, -0.2) is 0 Å². The molecule has 0 heterocycles. The zero-order valence-electron chi connectivity index (χ0n) is 10.1. The van der Waals surface area contributed by atoms with Crippen LogP contribution in [0.4, 0.5) is 0 Å². The Morgan fingerprint density at radius 1 is 1.31 bits per heavy atom. The normalized spacial score (nSPS) is 14.0. The maximum Gasteiger partial charge on any atom is 0.162 e. The lowest BCUT2D eigenvalue weighted by Gasteiger charge is -2.15. The minimum atomic E-state index is -0.0463. The Morgan fingerprint density at radius 3 is 2.50 bits per heavy atom. The molecule has 0 aromatic heterocycles. The van der Waals surface area contributed by atoms with E-state index in [1.807, 2.05) is 32.0 Å². The monoisotopic (exact) mass is 221 g/mol. The zero-order chi connectivity index (χ0) is 12.1. The lowest BCUT2D eigenvalue weighted by atomic mass is 10.1. The van der Waals surface area contributed by atoms with Crippen LogP contribution in [-0.4, -0.2) is 13.2 Å². The van der Waals surface area contributed by atoms with Gasteiger partial charge in [-0.15, -0.1) is 0 Å². The smallest absolute Gasteiger partial charge is 0.162 e. The molecule has 0 radical (unpaired) electrons. The summed E-state index contributed by atoms with van der Waals surface area (Å²) in [6.07, 6.45) is 1.69. The lowest BCUT2D eigenvalue weighted by Crippen LogP contribution is -2.09. The van der Waals surface area contributed by atoms with Crippen LogP contribution in [0.1, 0.15) is 25.5 Å². The Morgan fingerprint density at radius 2 is 2.00 bits per heavy atom. The molecule has 0 aliphatic carbocycles. The Balaban J connectivity index is 2.97. The highest BCUT2D eigenvalue weighted by Gasteiger charge is 2.09. The van der Waals surface area contributed by atoms with E-state index in [0.29, 0.717) is 11.5 Å². The fourth-order valence-electron chi connectivity index (χ4n) is 1.31. The van der Waals surface area contributed by atoms with Gasteiger partial charge in [0, 0.05) is 6.04 Å². The number of benzene rings is 1. The van der Waals surface area contributed by atoms with Crippen molar-refractivity contribution >= 4 is 0 Å². The average molecular weight is 221 g/mol. The van der Waals surface area contributed by atoms with Gasteiger partial charge in [0.25, 0.3) is 0 Å². The average Bonchev–Trinajstić information content (AvgIpc) is 2.29. The topological polar surface area (TPSA) is 44.5 Å². The van der Waals surface area contributed by atoms with Crippen LogP contribution in [0.3, 0.4) is 0 Å². The van der Waals surface area contributed by atoms with Gasteiger partial charge in [0.15, 0.2) is 11.5 Å². The Bertz CT molecular complexity index is 361. The maximum atomic E-state index is 5.80. The van der Waals surface area contributed by atoms with Crippen molar-refractivity contribution in [2.24, 2.45) is 5.73 Å². The maximum absolute atomic E-state index is 5.80. The van der Waals surface area contributed by atoms with Gasteiger partial charge in [0.1, 0.15) is 6.10 Å². The SMILES string of the molecule is C=CC(C)Oc1ccc(C(C)N)cc1OC. The predicted molar refractivity (Wildman–Crippen MR) is 65.9 cm³/mol. The van der Waals surface area contributed by atoms with Gasteiger partial charge < -0.3 is 15.2 Å². The number of ether oxygens (including phenoxy) is 2. The van der Waals surface area contributed by atoms with E-state index in [2.05, 4.69) is 6.58 Å². The zero-order valence-corrected chi connectivity index (χ0v) is 10.1. The number of rotatable bonds is 5. The molecule has 1 aromatic rings. The Kier molecular flexibility index (Phi) is 4.38. The summed E-state index contributed by atoms with van der Waals surface area (Å²) in [7, 11) is 1.62. The van der Waals surface area contributed by atoms with Gasteiger partial charge in [0.05, 0.1) is 7.11 Å². The van der Waals surface area contributed by atoms with Crippen LogP contribution in [0.25, 0.3) is 0 Å². The van der Waals surface area contributed by atoms with Crippen LogP contribution in [0, 0.1) is 0 Å². The molecular formula is C13H19NO2. The molecule has 1 aromatic carbocycles. The number of hydrogen-bond acceptors (Lipinski definition) is 3. The van der Waals surface area contributed by atoms with Crippen molar-refractivity contribution in [2.45, 2.75) is 26.0 Å². The van der Waals surface area contributed by atoms with E-state index in [9.17, 15) is 0 Å². The minimum Gasteiger partial charge on any atom is -0.493 e. The lowest BCUT2D eigenvalue weighted by molar-refractivity contribution is 0.254. The third-order valence-electron chi connectivity index (χ3n) is 2.36. The summed E-state index contributed by atoms with van der Waals surface area (Å²) in [6, 6.07) is 5.70. The molecule has 0 aliphatic heterocycles. The van der Waals surface area contributed by atoms with Crippen LogP contribution in [0.5, 0.6) is 11.5 Å². The molecule has 3 nitrogen and oxygen atoms in total. The fraction of sp³-hybridized carbons (Fsp3) is 0.385. The van der Waals surface area contributed by atoms with Gasteiger partial charge in [-0.2, -0.15) is 0 Å². The minimum absolute atomic E-state index is 0.0141. The predicted octanol–water partition coefficient (Wildman–Crippen LogP) is 2.67. The second-order valence-corrected chi connectivity index (χ2v) is 3.76. The highest BCUT2D eigenvalue weighted by Crippen LogP contribution is 2.30. The molecule has 0 saturated carbocycles. The molecule has 0 aliphatic rings. The van der Waals surface area contributed by atoms with E-state index in [1.54, 1.807) is 13.2 Å². The molecule has 2 unspecified atom stereocenters. The quantitative estimate of drug-likeness (QED) is 0.777. The first-order chi connectivity index (χ1) is 7.58. The summed E-state index contributed by atoms with van der Waals surface area (Å²) >= 11 is 0. The molecular weight excluding hydrogens is 202 g/mol. The number of hydrogen-bond donors (Lipinski definition) is 1. The van der Waals surface area contributed by atoms with Crippen molar-refractivity contribution in [1.29, 1.82) is 0 Å². The fourth-order valence-corrected chi connectivity index (χ4v) is 1.31. The second-order valence-electron chi connectivity index (χ2n) is 3.76. The van der Waals surface area contributed by atoms with Gasteiger partial charge in [-0.05, 0) is 31.5 Å². The largest absolute Gasteiger partial charge is 0.493 e. The van der Waals surface area contributed by atoms with E-state index in [0.717, 1.165) is 5.56 Å². The molecule has 88 valence electrons. The van der Waals surface area contributed by atoms with Crippen LogP contribution in [0.15, 0.2) is 30.9 Å². The first kappa shape index (κ1) is 12.6. The molecule has 0 bridgehead atoms. The molecule has 0 amide bonds. The van der Waals surface area contributed by atoms with E-state index in [-0.39, 0.29) is 12.1 Å². The molecule has 0 spiro atoms. The van der Waals surface area contributed by atoms with E-state index >= 15 is 0 Å². The summed E-state index contributed by atoms with van der Waals surface area (Å²) in [5.74, 6) is 1.41. The van der Waals surface area contributed by atoms with E-state index in [1.165, 1.54) is 0 Å². The first-order valence-corrected chi connectivity index (χ1v) is 5.31. The van der Waals surface area contributed by atoms with E-state index in [4.69, 9.17) is 15.2 Å². The third-order valence-corrected chi connectivity index (χ3v) is 2.36. The Labute approximate surface area is 96.9 Å². The van der Waals surface area contributed by atoms with Crippen molar-refractivity contribution in [1.82, 2.24) is 0 Å². The standard InChI is InChI=1S/C13H19NO2/c1-5-9(2)16-12-7-6-11(10(3)14)8-13(12)15-4/h5-10H,1,14H2,2-4H3. The van der Waals surface area contributed by atoms with Crippen LogP contribution in [0.2, 0.25) is 0 Å². The van der Waals surface area contributed by atoms with E-state index < -0.39 is 0 Å². The van der Waals surface area contributed by atoms with Crippen molar-refractivity contribution in [3.63, 3.8) is 0 Å². The van der Waals surface area contributed by atoms with Crippen molar-refractivity contribution in [3.05, 3.63) is 36.4 Å². The highest BCUT2D eigenvalue weighted by molar-refractivity contribution is 5.43. The summed E-state index contributed by atoms with van der Waals surface area (Å²) in [5.41, 5.74) is 6.83. The highest BCUT2D eigenvalue weighted by atomic mass is 16.5. The van der Waals surface area contributed by atoms with Gasteiger partial charge in [-0.3, -0.25) is 0 Å². The summed E-state index contributed by atoms with van der Waals surface area (Å²) in [4.78, 5) is 0. The summed E-state index contributed by atoms with van der Waals surface area (Å²) < 4.78 is 10.9. The molecule has 2 N–H and O–H groups in total. The summed E-state index contributed by atoms with van der Waals surface area (Å²) in [5, 5.41) is 0. The molecule has 1 rings (SSSR count). The third kappa shape index (κ3) is 3.00. The number of methoxy groups -OCH3 is 1. The number of nitrogens with two attached hydrogens (primary N) is 1. The first-order valence-electron chi connectivity index (χ1n) is 5.31. The van der Waals surface area contributed by atoms with Crippen molar-refractivity contribution in [3.8, 4) is 11.5 Å². The molecule has 0 fully saturated rings.